The third-order valence-corrected chi connectivity index (χ3v) is 4.48. The Bertz CT molecular complexity index is 769. The Morgan fingerprint density at radius 1 is 0.864 bits per heavy atom. The highest BCUT2D eigenvalue weighted by Crippen LogP contribution is 2.35. The Balaban J connectivity index is 2.17. The summed E-state index contributed by atoms with van der Waals surface area (Å²) in [7, 11) is 0. The lowest BCUT2D eigenvalue weighted by Crippen LogP contribution is -2.23. The van der Waals surface area contributed by atoms with Gasteiger partial charge in [-0.2, -0.15) is 0 Å². The van der Waals surface area contributed by atoms with Crippen LogP contribution in [0, 0.1) is 0 Å². The van der Waals surface area contributed by atoms with E-state index in [1.807, 2.05) is 0 Å². The molecule has 3 rings (SSSR count). The quantitative estimate of drug-likeness (QED) is 0.651. The molecule has 112 valence electrons. The fourth-order valence-corrected chi connectivity index (χ4v) is 2.99. The molecule has 0 aliphatic heterocycles. The lowest BCUT2D eigenvalue weighted by Gasteiger charge is -2.21. The van der Waals surface area contributed by atoms with Crippen molar-refractivity contribution in [1.82, 2.24) is 0 Å². The molecule has 0 aromatic heterocycles. The van der Waals surface area contributed by atoms with E-state index in [1.54, 1.807) is 36.4 Å². The van der Waals surface area contributed by atoms with Gasteiger partial charge in [0.25, 0.3) is 0 Å². The van der Waals surface area contributed by atoms with E-state index < -0.39 is 23.8 Å². The normalized spacial score (nSPS) is 16.0. The van der Waals surface area contributed by atoms with E-state index in [0.717, 1.165) is 0 Å². The number of Topliss-reactive ketones (excluding diaryl/α,β-unsaturated/α-hetero) is 2. The Kier molecular flexibility index (Phi) is 3.95. The molecule has 1 aliphatic rings. The van der Waals surface area contributed by atoms with Crippen LogP contribution in [0.15, 0.2) is 42.5 Å². The molecule has 0 spiro atoms. The van der Waals surface area contributed by atoms with Crippen molar-refractivity contribution in [3.8, 4) is 11.1 Å². The summed E-state index contributed by atoms with van der Waals surface area (Å²) < 4.78 is 0. The van der Waals surface area contributed by atoms with Gasteiger partial charge in [-0.15, -0.1) is 0 Å². The number of aliphatic hydroxyl groups excluding tert-OH is 2. The molecule has 4 nitrogen and oxygen atoms in total. The van der Waals surface area contributed by atoms with E-state index in [0.29, 0.717) is 27.8 Å². The Hall–Kier alpha value is -1.82. The first kappa shape index (κ1) is 15.1. The standard InChI is InChI=1S/C17H13BrO4/c18-8-14(19)15(20)9-5-6-12-13(7-9)10-3-1-2-4-11(10)16(21)17(12)22/h1-7,14-15,19-20H,8H2. The minimum atomic E-state index is -1.07. The minimum absolute atomic E-state index is 0.235. The second kappa shape index (κ2) is 5.76. The van der Waals surface area contributed by atoms with Crippen molar-refractivity contribution in [2.75, 3.05) is 5.33 Å². The van der Waals surface area contributed by atoms with Gasteiger partial charge in [-0.3, -0.25) is 9.59 Å². The predicted molar refractivity (Wildman–Crippen MR) is 85.3 cm³/mol. The van der Waals surface area contributed by atoms with Crippen molar-refractivity contribution in [2.45, 2.75) is 12.2 Å². The monoisotopic (exact) mass is 360 g/mol. The maximum absolute atomic E-state index is 12.2. The van der Waals surface area contributed by atoms with Crippen molar-refractivity contribution in [1.29, 1.82) is 0 Å². The number of aliphatic hydroxyl groups is 2. The highest BCUT2D eigenvalue weighted by atomic mass is 79.9. The van der Waals surface area contributed by atoms with Gasteiger partial charge in [-0.1, -0.05) is 46.3 Å². The van der Waals surface area contributed by atoms with Crippen molar-refractivity contribution in [3.05, 3.63) is 59.2 Å². The van der Waals surface area contributed by atoms with Crippen LogP contribution in [0.2, 0.25) is 0 Å². The molecule has 0 amide bonds. The molecule has 2 atom stereocenters. The van der Waals surface area contributed by atoms with Crippen LogP contribution >= 0.6 is 15.9 Å². The molecule has 0 saturated heterocycles. The molecule has 2 N–H and O–H groups in total. The van der Waals surface area contributed by atoms with Gasteiger partial charge in [-0.05, 0) is 28.8 Å². The first-order valence-electron chi connectivity index (χ1n) is 6.79. The van der Waals surface area contributed by atoms with Crippen LogP contribution in [-0.4, -0.2) is 33.2 Å². The van der Waals surface area contributed by atoms with Gasteiger partial charge in [0.15, 0.2) is 0 Å². The number of benzene rings is 2. The summed E-state index contributed by atoms with van der Waals surface area (Å²) in [6.07, 6.45) is -2.02. The number of halogens is 1. The number of carbonyl (C=O) groups is 2. The average molecular weight is 361 g/mol. The highest BCUT2D eigenvalue weighted by molar-refractivity contribution is 9.09. The SMILES string of the molecule is O=C1C(=O)c2ccc(C(O)C(O)CBr)cc2-c2ccccc21. The third-order valence-electron chi connectivity index (χ3n) is 3.82. The summed E-state index contributed by atoms with van der Waals surface area (Å²) in [5.41, 5.74) is 2.48. The van der Waals surface area contributed by atoms with Crippen molar-refractivity contribution >= 4 is 27.5 Å². The van der Waals surface area contributed by atoms with Gasteiger partial charge >= 0.3 is 0 Å². The molecule has 0 saturated carbocycles. The summed E-state index contributed by atoms with van der Waals surface area (Å²) in [4.78, 5) is 24.3. The molecular weight excluding hydrogens is 348 g/mol. The lowest BCUT2D eigenvalue weighted by atomic mass is 9.82. The topological polar surface area (TPSA) is 74.6 Å². The number of hydrogen-bond acceptors (Lipinski definition) is 4. The van der Waals surface area contributed by atoms with Gasteiger partial charge in [0.1, 0.15) is 6.10 Å². The number of carbonyl (C=O) groups excluding carboxylic acids is 2. The molecule has 0 fully saturated rings. The molecule has 0 heterocycles. The molecule has 22 heavy (non-hydrogen) atoms. The third kappa shape index (κ3) is 2.31. The van der Waals surface area contributed by atoms with Crippen molar-refractivity contribution < 1.29 is 19.8 Å². The molecule has 0 radical (unpaired) electrons. The average Bonchev–Trinajstić information content (AvgIpc) is 2.57. The molecule has 0 bridgehead atoms. The molecule has 1 aliphatic carbocycles. The Morgan fingerprint density at radius 3 is 2.09 bits per heavy atom. The number of hydrogen-bond donors (Lipinski definition) is 2. The van der Waals surface area contributed by atoms with E-state index in [-0.39, 0.29) is 5.33 Å². The molecule has 2 unspecified atom stereocenters. The first-order valence-corrected chi connectivity index (χ1v) is 7.91. The largest absolute Gasteiger partial charge is 0.389 e. The summed E-state index contributed by atoms with van der Waals surface area (Å²) >= 11 is 3.12. The van der Waals surface area contributed by atoms with Gasteiger partial charge in [0.05, 0.1) is 6.10 Å². The zero-order valence-electron chi connectivity index (χ0n) is 11.5. The zero-order chi connectivity index (χ0) is 15.9. The van der Waals surface area contributed by atoms with E-state index in [1.165, 1.54) is 6.07 Å². The van der Waals surface area contributed by atoms with E-state index >= 15 is 0 Å². The second-order valence-corrected chi connectivity index (χ2v) is 5.82. The van der Waals surface area contributed by atoms with Crippen LogP contribution in [0.25, 0.3) is 11.1 Å². The smallest absolute Gasteiger partial charge is 0.234 e. The summed E-state index contributed by atoms with van der Waals surface area (Å²) in [5, 5.41) is 20.1. The first-order chi connectivity index (χ1) is 10.5. The fourth-order valence-electron chi connectivity index (χ4n) is 2.63. The van der Waals surface area contributed by atoms with Crippen LogP contribution < -0.4 is 0 Å². The van der Waals surface area contributed by atoms with E-state index in [2.05, 4.69) is 15.9 Å². The Morgan fingerprint density at radius 2 is 1.45 bits per heavy atom. The van der Waals surface area contributed by atoms with Crippen LogP contribution in [0.4, 0.5) is 0 Å². The summed E-state index contributed by atoms with van der Waals surface area (Å²) in [5.74, 6) is -1.06. The van der Waals surface area contributed by atoms with Gasteiger partial charge in [0, 0.05) is 16.5 Å². The van der Waals surface area contributed by atoms with Crippen LogP contribution in [0.3, 0.4) is 0 Å². The van der Waals surface area contributed by atoms with Crippen molar-refractivity contribution in [3.63, 3.8) is 0 Å². The van der Waals surface area contributed by atoms with Crippen LogP contribution in [0.5, 0.6) is 0 Å². The molecule has 2 aromatic carbocycles. The zero-order valence-corrected chi connectivity index (χ0v) is 13.1. The maximum Gasteiger partial charge on any atom is 0.234 e. The molecule has 5 heteroatoms. The highest BCUT2D eigenvalue weighted by Gasteiger charge is 2.31. The minimum Gasteiger partial charge on any atom is -0.389 e. The van der Waals surface area contributed by atoms with Crippen LogP contribution in [-0.2, 0) is 0 Å². The van der Waals surface area contributed by atoms with Crippen molar-refractivity contribution in [2.24, 2.45) is 0 Å². The molecule has 2 aromatic rings. The number of ketones is 2. The van der Waals surface area contributed by atoms with Gasteiger partial charge in [0.2, 0.25) is 11.6 Å². The predicted octanol–water partition coefficient (Wildman–Crippen LogP) is 2.52. The number of rotatable bonds is 3. The van der Waals surface area contributed by atoms with Gasteiger partial charge < -0.3 is 10.2 Å². The summed E-state index contributed by atoms with van der Waals surface area (Å²) in [6, 6.07) is 11.7. The Labute approximate surface area is 135 Å². The fraction of sp³-hybridized carbons (Fsp3) is 0.176. The second-order valence-electron chi connectivity index (χ2n) is 5.18. The maximum atomic E-state index is 12.2. The lowest BCUT2D eigenvalue weighted by molar-refractivity contribution is 0.0343. The van der Waals surface area contributed by atoms with Crippen LogP contribution in [0.1, 0.15) is 32.4 Å². The number of alkyl halides is 1. The van der Waals surface area contributed by atoms with Gasteiger partial charge in [-0.25, -0.2) is 0 Å². The van der Waals surface area contributed by atoms with E-state index in [9.17, 15) is 19.8 Å². The van der Waals surface area contributed by atoms with E-state index in [4.69, 9.17) is 0 Å². The summed E-state index contributed by atoms with van der Waals surface area (Å²) in [6.45, 7) is 0. The number of fused-ring (bicyclic) bond motifs is 3. The molecular formula is C17H13BrO4.